The monoisotopic (exact) mass is 578 g/mol. The Morgan fingerprint density at radius 1 is 1.03 bits per heavy atom. The van der Waals surface area contributed by atoms with Crippen LogP contribution in [0.1, 0.15) is 22.4 Å². The molecular formula is C26H18F4N2O5S2. The highest BCUT2D eigenvalue weighted by Crippen LogP contribution is 2.37. The quantitative estimate of drug-likeness (QED) is 0.241. The Labute approximate surface area is 227 Å². The minimum absolute atomic E-state index is 0.0953. The maximum atomic E-state index is 13.6. The molecule has 1 aliphatic heterocycles. The third-order valence-electron chi connectivity index (χ3n) is 5.53. The van der Waals surface area contributed by atoms with E-state index in [-0.39, 0.29) is 29.9 Å². The molecule has 4 rings (SSSR count). The zero-order chi connectivity index (χ0) is 28.3. The number of rotatable bonds is 8. The number of anilines is 1. The number of thioether (sulfide) groups is 1. The first-order valence-electron chi connectivity index (χ1n) is 11.2. The number of benzene rings is 2. The molecule has 1 aromatic heterocycles. The number of halogens is 4. The number of amides is 3. The van der Waals surface area contributed by atoms with Gasteiger partial charge >= 0.3 is 12.1 Å². The molecule has 0 spiro atoms. The van der Waals surface area contributed by atoms with Gasteiger partial charge in [0, 0.05) is 23.5 Å². The van der Waals surface area contributed by atoms with Crippen LogP contribution in [-0.2, 0) is 27.0 Å². The molecule has 0 radical (unpaired) electrons. The van der Waals surface area contributed by atoms with Crippen LogP contribution in [0.15, 0.2) is 58.8 Å². The first kappa shape index (κ1) is 28.0. The SMILES string of the molecule is O=C(O)Cc1ccc(NC(=O)CCN2C(=O)S/C(=C\c3cc(-c4ccc(F)c(C(F)(F)F)c4)cs3)C2=O)cc1. The Morgan fingerprint density at radius 3 is 2.41 bits per heavy atom. The lowest BCUT2D eigenvalue weighted by Crippen LogP contribution is -2.31. The van der Waals surface area contributed by atoms with Crippen molar-refractivity contribution in [3.05, 3.63) is 80.6 Å². The first-order valence-corrected chi connectivity index (χ1v) is 12.9. The van der Waals surface area contributed by atoms with Crippen molar-refractivity contribution in [2.24, 2.45) is 0 Å². The summed E-state index contributed by atoms with van der Waals surface area (Å²) in [5.74, 6) is -3.42. The number of imide groups is 1. The van der Waals surface area contributed by atoms with Gasteiger partial charge in [-0.3, -0.25) is 24.1 Å². The van der Waals surface area contributed by atoms with Crippen LogP contribution in [0.5, 0.6) is 0 Å². The number of nitrogens with one attached hydrogen (secondary N) is 1. The number of carbonyl (C=O) groups excluding carboxylic acids is 3. The molecule has 3 aromatic rings. The van der Waals surface area contributed by atoms with Crippen molar-refractivity contribution in [3.63, 3.8) is 0 Å². The van der Waals surface area contributed by atoms with E-state index in [1.165, 1.54) is 18.2 Å². The summed E-state index contributed by atoms with van der Waals surface area (Å²) in [6.45, 7) is -0.170. The van der Waals surface area contributed by atoms with Gasteiger partial charge in [-0.15, -0.1) is 11.3 Å². The summed E-state index contributed by atoms with van der Waals surface area (Å²) in [5, 5.41) is 12.4. The summed E-state index contributed by atoms with van der Waals surface area (Å²) >= 11 is 1.81. The molecule has 2 heterocycles. The van der Waals surface area contributed by atoms with E-state index in [9.17, 15) is 36.7 Å². The van der Waals surface area contributed by atoms with Crippen molar-refractivity contribution in [1.29, 1.82) is 0 Å². The first-order chi connectivity index (χ1) is 18.4. The molecule has 13 heteroatoms. The van der Waals surface area contributed by atoms with Gasteiger partial charge in [0.1, 0.15) is 5.82 Å². The number of alkyl halides is 3. The molecule has 0 bridgehead atoms. The molecule has 3 amide bonds. The van der Waals surface area contributed by atoms with Gasteiger partial charge in [0.15, 0.2) is 0 Å². The van der Waals surface area contributed by atoms with Crippen LogP contribution in [0.3, 0.4) is 0 Å². The molecule has 39 heavy (non-hydrogen) atoms. The molecule has 0 saturated carbocycles. The van der Waals surface area contributed by atoms with Gasteiger partial charge in [-0.1, -0.05) is 18.2 Å². The maximum absolute atomic E-state index is 13.6. The van der Waals surface area contributed by atoms with Crippen molar-refractivity contribution >= 4 is 57.9 Å². The highest BCUT2D eigenvalue weighted by atomic mass is 32.2. The summed E-state index contributed by atoms with van der Waals surface area (Å²) in [7, 11) is 0. The van der Waals surface area contributed by atoms with Gasteiger partial charge < -0.3 is 10.4 Å². The van der Waals surface area contributed by atoms with E-state index in [1.807, 2.05) is 0 Å². The number of thiophene rings is 1. The molecule has 1 aliphatic rings. The number of hydrogen-bond donors (Lipinski definition) is 2. The van der Waals surface area contributed by atoms with Crippen molar-refractivity contribution in [3.8, 4) is 11.1 Å². The average molecular weight is 579 g/mol. The lowest BCUT2D eigenvalue weighted by molar-refractivity contribution is -0.140. The predicted octanol–water partition coefficient (Wildman–Crippen LogP) is 6.27. The van der Waals surface area contributed by atoms with E-state index in [4.69, 9.17) is 5.11 Å². The predicted molar refractivity (Wildman–Crippen MR) is 138 cm³/mol. The molecule has 2 N–H and O–H groups in total. The summed E-state index contributed by atoms with van der Waals surface area (Å²) in [6.07, 6.45) is -3.73. The van der Waals surface area contributed by atoms with Crippen LogP contribution in [0, 0.1) is 5.82 Å². The fraction of sp³-hybridized carbons (Fsp3) is 0.154. The second-order valence-electron chi connectivity index (χ2n) is 8.33. The van der Waals surface area contributed by atoms with Crippen LogP contribution in [0.2, 0.25) is 0 Å². The van der Waals surface area contributed by atoms with Crippen LogP contribution in [0.25, 0.3) is 17.2 Å². The zero-order valence-electron chi connectivity index (χ0n) is 19.8. The Morgan fingerprint density at radius 2 is 1.74 bits per heavy atom. The smallest absolute Gasteiger partial charge is 0.419 e. The van der Waals surface area contributed by atoms with Gasteiger partial charge in [-0.05, 0) is 70.2 Å². The minimum Gasteiger partial charge on any atom is -0.481 e. The summed E-state index contributed by atoms with van der Waals surface area (Å²) in [6, 6.07) is 10.4. The van der Waals surface area contributed by atoms with Gasteiger partial charge in [-0.25, -0.2) is 4.39 Å². The topological polar surface area (TPSA) is 104 Å². The van der Waals surface area contributed by atoms with Gasteiger partial charge in [-0.2, -0.15) is 13.2 Å². The minimum atomic E-state index is -4.85. The molecule has 0 unspecified atom stereocenters. The highest BCUT2D eigenvalue weighted by molar-refractivity contribution is 8.18. The number of carboxylic acids is 1. The van der Waals surface area contributed by atoms with Crippen molar-refractivity contribution in [2.75, 3.05) is 11.9 Å². The Balaban J connectivity index is 1.38. The van der Waals surface area contributed by atoms with E-state index in [0.29, 0.717) is 39.5 Å². The molecule has 0 aliphatic carbocycles. The summed E-state index contributed by atoms with van der Waals surface area (Å²) in [5.41, 5.74) is 0.152. The summed E-state index contributed by atoms with van der Waals surface area (Å²) in [4.78, 5) is 49.7. The normalized spacial score (nSPS) is 14.8. The Bertz CT molecular complexity index is 1480. The maximum Gasteiger partial charge on any atom is 0.419 e. The van der Waals surface area contributed by atoms with Crippen molar-refractivity contribution in [2.45, 2.75) is 19.0 Å². The lowest BCUT2D eigenvalue weighted by atomic mass is 10.0. The number of carboxylic acid groups (broad SMARTS) is 1. The summed E-state index contributed by atoms with van der Waals surface area (Å²) < 4.78 is 52.7. The molecular weight excluding hydrogens is 560 g/mol. The fourth-order valence-corrected chi connectivity index (χ4v) is 5.42. The molecule has 1 fully saturated rings. The Kier molecular flexibility index (Phi) is 8.21. The van der Waals surface area contributed by atoms with Crippen LogP contribution in [0.4, 0.5) is 28.0 Å². The largest absolute Gasteiger partial charge is 0.481 e. The average Bonchev–Trinajstić information content (AvgIpc) is 3.42. The molecule has 2 aromatic carbocycles. The van der Waals surface area contributed by atoms with E-state index >= 15 is 0 Å². The number of nitrogens with zero attached hydrogens (tertiary/aromatic N) is 1. The number of carbonyl (C=O) groups is 4. The Hall–Kier alpha value is -3.97. The van der Waals surface area contributed by atoms with Gasteiger partial charge in [0.25, 0.3) is 11.1 Å². The van der Waals surface area contributed by atoms with E-state index < -0.39 is 40.6 Å². The van der Waals surface area contributed by atoms with Crippen LogP contribution in [-0.4, -0.2) is 39.6 Å². The lowest BCUT2D eigenvalue weighted by Gasteiger charge is -2.12. The number of aliphatic carboxylic acids is 1. The highest BCUT2D eigenvalue weighted by Gasteiger charge is 2.36. The second kappa shape index (κ2) is 11.4. The van der Waals surface area contributed by atoms with E-state index in [1.54, 1.807) is 29.6 Å². The van der Waals surface area contributed by atoms with Gasteiger partial charge in [0.05, 0.1) is 16.9 Å². The third kappa shape index (κ3) is 6.92. The fourth-order valence-electron chi connectivity index (χ4n) is 3.64. The second-order valence-corrected chi connectivity index (χ2v) is 10.3. The van der Waals surface area contributed by atoms with Crippen LogP contribution < -0.4 is 5.32 Å². The standard InChI is InChI=1S/C26H18F4N2O5S2/c27-20-6-3-15(11-19(20)26(28,29)30)16-10-18(38-13-16)12-21-24(36)32(25(37)39-21)8-7-22(33)31-17-4-1-14(2-5-17)9-23(34)35/h1-6,10-13H,7-9H2,(H,31,33)(H,34,35)/b21-12-. The zero-order valence-corrected chi connectivity index (χ0v) is 21.4. The number of hydrogen-bond acceptors (Lipinski definition) is 6. The van der Waals surface area contributed by atoms with Crippen molar-refractivity contribution < 1.29 is 41.8 Å². The molecule has 202 valence electrons. The molecule has 0 atom stereocenters. The van der Waals surface area contributed by atoms with E-state index in [2.05, 4.69) is 5.32 Å². The van der Waals surface area contributed by atoms with Crippen LogP contribution >= 0.6 is 23.1 Å². The third-order valence-corrected chi connectivity index (χ3v) is 7.31. The van der Waals surface area contributed by atoms with E-state index in [0.717, 1.165) is 22.3 Å². The molecule has 7 nitrogen and oxygen atoms in total. The van der Waals surface area contributed by atoms with Crippen molar-refractivity contribution in [1.82, 2.24) is 4.90 Å². The molecule has 1 saturated heterocycles. The van der Waals surface area contributed by atoms with Gasteiger partial charge in [0.2, 0.25) is 5.91 Å².